The summed E-state index contributed by atoms with van der Waals surface area (Å²) in [4.78, 5) is 19.2. The Labute approximate surface area is 132 Å². The van der Waals surface area contributed by atoms with Gasteiger partial charge in [-0.3, -0.25) is 4.79 Å². The van der Waals surface area contributed by atoms with Gasteiger partial charge in [0.15, 0.2) is 0 Å². The molecule has 2 saturated heterocycles. The number of nitrogens with two attached hydrogens (primary N) is 1. The fraction of sp³-hybridized carbons (Fsp3) is 0.588. The van der Waals surface area contributed by atoms with E-state index in [1.165, 1.54) is 5.69 Å². The first-order valence-electron chi connectivity index (χ1n) is 8.20. The van der Waals surface area contributed by atoms with Crippen molar-refractivity contribution in [1.82, 2.24) is 9.80 Å². The summed E-state index contributed by atoms with van der Waals surface area (Å²) in [6, 6.07) is 8.08. The molecule has 0 radical (unpaired) electrons. The summed E-state index contributed by atoms with van der Waals surface area (Å²) in [5.74, 6) is 0.606. The lowest BCUT2D eigenvalue weighted by Crippen LogP contribution is -2.44. The van der Waals surface area contributed by atoms with Gasteiger partial charge in [-0.05, 0) is 50.2 Å². The number of rotatable bonds is 3. The topological polar surface area (TPSA) is 52.8 Å². The van der Waals surface area contributed by atoms with E-state index in [-0.39, 0.29) is 5.91 Å². The first-order valence-corrected chi connectivity index (χ1v) is 8.20. The van der Waals surface area contributed by atoms with E-state index < -0.39 is 0 Å². The molecule has 5 heteroatoms. The molecule has 1 aromatic carbocycles. The zero-order valence-corrected chi connectivity index (χ0v) is 13.4. The standard InChI is InChI=1S/C17H26N4O/c1-19-8-10-20(11-9-19)16-4-2-15(3-5-16)17(22)21-7-6-14(12-18)13-21/h2-5,14H,6-13,18H2,1H3/t14-/m1/s1. The highest BCUT2D eigenvalue weighted by molar-refractivity contribution is 5.94. The van der Waals surface area contributed by atoms with Crippen LogP contribution in [0.15, 0.2) is 24.3 Å². The number of nitrogens with zero attached hydrogens (tertiary/aromatic N) is 3. The molecule has 2 N–H and O–H groups in total. The minimum Gasteiger partial charge on any atom is -0.369 e. The molecular weight excluding hydrogens is 276 g/mol. The fourth-order valence-corrected chi connectivity index (χ4v) is 3.27. The van der Waals surface area contributed by atoms with Crippen molar-refractivity contribution in [1.29, 1.82) is 0 Å². The maximum absolute atomic E-state index is 12.5. The number of benzene rings is 1. The van der Waals surface area contributed by atoms with Gasteiger partial charge in [-0.15, -0.1) is 0 Å². The summed E-state index contributed by atoms with van der Waals surface area (Å²) >= 11 is 0. The van der Waals surface area contributed by atoms with Gasteiger partial charge in [-0.25, -0.2) is 0 Å². The molecule has 2 fully saturated rings. The van der Waals surface area contributed by atoms with Gasteiger partial charge in [0.05, 0.1) is 0 Å². The molecule has 5 nitrogen and oxygen atoms in total. The third-order valence-electron chi connectivity index (χ3n) is 4.89. The van der Waals surface area contributed by atoms with E-state index in [1.807, 2.05) is 17.0 Å². The quantitative estimate of drug-likeness (QED) is 0.900. The normalized spacial score (nSPS) is 23.1. The Bertz CT molecular complexity index is 508. The largest absolute Gasteiger partial charge is 0.369 e. The van der Waals surface area contributed by atoms with E-state index in [9.17, 15) is 4.79 Å². The van der Waals surface area contributed by atoms with Gasteiger partial charge < -0.3 is 20.4 Å². The highest BCUT2D eigenvalue weighted by Gasteiger charge is 2.26. The number of piperazine rings is 1. The molecule has 0 unspecified atom stereocenters. The molecule has 0 spiro atoms. The summed E-state index contributed by atoms with van der Waals surface area (Å²) in [6.45, 7) is 6.59. The van der Waals surface area contributed by atoms with Crippen LogP contribution in [0.4, 0.5) is 5.69 Å². The summed E-state index contributed by atoms with van der Waals surface area (Å²) < 4.78 is 0. The zero-order valence-electron chi connectivity index (χ0n) is 13.4. The second kappa shape index (κ2) is 6.67. The minimum absolute atomic E-state index is 0.140. The molecule has 3 rings (SSSR count). The van der Waals surface area contributed by atoms with Crippen LogP contribution in [0.5, 0.6) is 0 Å². The summed E-state index contributed by atoms with van der Waals surface area (Å²) in [5.41, 5.74) is 7.70. The monoisotopic (exact) mass is 302 g/mol. The first-order chi connectivity index (χ1) is 10.7. The van der Waals surface area contributed by atoms with Crippen LogP contribution in [0.3, 0.4) is 0 Å². The number of likely N-dealkylation sites (tertiary alicyclic amines) is 1. The van der Waals surface area contributed by atoms with E-state index in [2.05, 4.69) is 29.0 Å². The molecule has 2 aliphatic rings. The average molecular weight is 302 g/mol. The molecule has 1 aromatic rings. The van der Waals surface area contributed by atoms with Crippen molar-refractivity contribution in [3.63, 3.8) is 0 Å². The van der Waals surface area contributed by atoms with Gasteiger partial charge in [0.1, 0.15) is 0 Å². The van der Waals surface area contributed by atoms with E-state index in [0.29, 0.717) is 12.5 Å². The van der Waals surface area contributed by atoms with E-state index in [1.54, 1.807) is 0 Å². The third kappa shape index (κ3) is 3.25. The van der Waals surface area contributed by atoms with Crippen molar-refractivity contribution in [2.24, 2.45) is 11.7 Å². The molecule has 120 valence electrons. The van der Waals surface area contributed by atoms with Crippen molar-refractivity contribution in [3.8, 4) is 0 Å². The predicted octanol–water partition coefficient (Wildman–Crippen LogP) is 0.859. The molecule has 2 heterocycles. The van der Waals surface area contributed by atoms with Gasteiger partial charge in [0.25, 0.3) is 5.91 Å². The maximum Gasteiger partial charge on any atom is 0.253 e. The molecule has 22 heavy (non-hydrogen) atoms. The van der Waals surface area contributed by atoms with Crippen molar-refractivity contribution in [2.75, 3.05) is 57.8 Å². The Hall–Kier alpha value is -1.59. The molecule has 0 aliphatic carbocycles. The lowest BCUT2D eigenvalue weighted by molar-refractivity contribution is 0.0787. The van der Waals surface area contributed by atoms with Crippen molar-refractivity contribution in [2.45, 2.75) is 6.42 Å². The molecule has 0 saturated carbocycles. The van der Waals surface area contributed by atoms with Crippen molar-refractivity contribution >= 4 is 11.6 Å². The lowest BCUT2D eigenvalue weighted by atomic mass is 10.1. The van der Waals surface area contributed by atoms with E-state index >= 15 is 0 Å². The smallest absolute Gasteiger partial charge is 0.253 e. The number of carbonyl (C=O) groups excluding carboxylic acids is 1. The summed E-state index contributed by atoms with van der Waals surface area (Å²) in [5, 5.41) is 0. The van der Waals surface area contributed by atoms with Crippen LogP contribution in [-0.4, -0.2) is 68.6 Å². The Kier molecular flexibility index (Phi) is 4.64. The van der Waals surface area contributed by atoms with Crippen LogP contribution in [-0.2, 0) is 0 Å². The predicted molar refractivity (Wildman–Crippen MR) is 89.2 cm³/mol. The van der Waals surface area contributed by atoms with E-state index in [4.69, 9.17) is 5.73 Å². The van der Waals surface area contributed by atoms with Crippen LogP contribution >= 0.6 is 0 Å². The van der Waals surface area contributed by atoms with Gasteiger partial charge in [-0.2, -0.15) is 0 Å². The number of amides is 1. The van der Waals surface area contributed by atoms with Crippen molar-refractivity contribution < 1.29 is 4.79 Å². The highest BCUT2D eigenvalue weighted by Crippen LogP contribution is 2.21. The second-order valence-corrected chi connectivity index (χ2v) is 6.48. The van der Waals surface area contributed by atoms with Crippen LogP contribution < -0.4 is 10.6 Å². The SMILES string of the molecule is CN1CCN(c2ccc(C(=O)N3CC[C@H](CN)C3)cc2)CC1. The molecular formula is C17H26N4O. The Balaban J connectivity index is 1.63. The van der Waals surface area contributed by atoms with Gasteiger partial charge in [0.2, 0.25) is 0 Å². The van der Waals surface area contributed by atoms with Crippen molar-refractivity contribution in [3.05, 3.63) is 29.8 Å². The molecule has 0 bridgehead atoms. The fourth-order valence-electron chi connectivity index (χ4n) is 3.27. The summed E-state index contributed by atoms with van der Waals surface area (Å²) in [6.07, 6.45) is 1.03. The number of likely N-dealkylation sites (N-methyl/N-ethyl adjacent to an activating group) is 1. The third-order valence-corrected chi connectivity index (χ3v) is 4.89. The van der Waals surface area contributed by atoms with Gasteiger partial charge in [-0.1, -0.05) is 0 Å². The zero-order chi connectivity index (χ0) is 15.5. The number of anilines is 1. The molecule has 1 atom stereocenters. The Morgan fingerprint density at radius 3 is 2.41 bits per heavy atom. The van der Waals surface area contributed by atoms with Gasteiger partial charge in [0, 0.05) is 50.5 Å². The van der Waals surface area contributed by atoms with Gasteiger partial charge >= 0.3 is 0 Å². The molecule has 0 aromatic heterocycles. The number of hydrogen-bond acceptors (Lipinski definition) is 4. The Morgan fingerprint density at radius 2 is 1.82 bits per heavy atom. The molecule has 1 amide bonds. The first kappa shape index (κ1) is 15.3. The molecule has 2 aliphatic heterocycles. The average Bonchev–Trinajstić information content (AvgIpc) is 3.04. The highest BCUT2D eigenvalue weighted by atomic mass is 16.2. The Morgan fingerprint density at radius 1 is 1.14 bits per heavy atom. The van der Waals surface area contributed by atoms with Crippen LogP contribution in [0.2, 0.25) is 0 Å². The van der Waals surface area contributed by atoms with Crippen LogP contribution in [0.25, 0.3) is 0 Å². The summed E-state index contributed by atoms with van der Waals surface area (Å²) in [7, 11) is 2.16. The lowest BCUT2D eigenvalue weighted by Gasteiger charge is -2.34. The van der Waals surface area contributed by atoms with E-state index in [0.717, 1.165) is 51.3 Å². The number of hydrogen-bond donors (Lipinski definition) is 1. The maximum atomic E-state index is 12.5. The second-order valence-electron chi connectivity index (χ2n) is 6.48. The van der Waals surface area contributed by atoms with Crippen LogP contribution in [0.1, 0.15) is 16.8 Å². The number of carbonyl (C=O) groups is 1. The minimum atomic E-state index is 0.140. The van der Waals surface area contributed by atoms with Crippen LogP contribution in [0, 0.1) is 5.92 Å².